The van der Waals surface area contributed by atoms with Crippen LogP contribution in [0.1, 0.15) is 37.4 Å². The lowest BCUT2D eigenvalue weighted by molar-refractivity contribution is -0.142. The minimum Gasteiger partial charge on any atom is -0.480 e. The standard InChI is InChI=1S/C12H17N3O4/c1-7-13-10(19-15-7)4-2-3-9(16)14-11(12(17)18)8-5-6-8/h8,11H,2-6H2,1H3,(H,14,16)(H,17,18). The lowest BCUT2D eigenvalue weighted by Gasteiger charge is -2.13. The van der Waals surface area contributed by atoms with Crippen LogP contribution in [0.3, 0.4) is 0 Å². The van der Waals surface area contributed by atoms with Crippen molar-refractivity contribution in [3.63, 3.8) is 0 Å². The molecule has 0 radical (unpaired) electrons. The van der Waals surface area contributed by atoms with Crippen molar-refractivity contribution in [1.82, 2.24) is 15.5 Å². The van der Waals surface area contributed by atoms with Gasteiger partial charge in [-0.15, -0.1) is 0 Å². The summed E-state index contributed by atoms with van der Waals surface area (Å²) in [6.45, 7) is 1.73. The summed E-state index contributed by atoms with van der Waals surface area (Å²) >= 11 is 0. The molecule has 1 aliphatic carbocycles. The summed E-state index contributed by atoms with van der Waals surface area (Å²) in [5.41, 5.74) is 0. The van der Waals surface area contributed by atoms with Crippen LogP contribution in [-0.4, -0.2) is 33.2 Å². The lowest BCUT2D eigenvalue weighted by atomic mass is 10.1. The van der Waals surface area contributed by atoms with E-state index in [1.165, 1.54) is 0 Å². The van der Waals surface area contributed by atoms with Crippen LogP contribution in [0.2, 0.25) is 0 Å². The fourth-order valence-corrected chi connectivity index (χ4v) is 1.90. The van der Waals surface area contributed by atoms with Gasteiger partial charge in [0.15, 0.2) is 5.82 Å². The van der Waals surface area contributed by atoms with Crippen molar-refractivity contribution in [3.8, 4) is 0 Å². The summed E-state index contributed by atoms with van der Waals surface area (Å²) in [6, 6.07) is -0.738. The summed E-state index contributed by atoms with van der Waals surface area (Å²) in [5.74, 6) is -0.0274. The van der Waals surface area contributed by atoms with E-state index in [0.717, 1.165) is 12.8 Å². The fourth-order valence-electron chi connectivity index (χ4n) is 1.90. The van der Waals surface area contributed by atoms with E-state index in [4.69, 9.17) is 9.63 Å². The highest BCUT2D eigenvalue weighted by molar-refractivity contribution is 5.83. The van der Waals surface area contributed by atoms with Crippen LogP contribution in [0.4, 0.5) is 0 Å². The average Bonchev–Trinajstić information content (AvgIpc) is 3.10. The molecule has 1 aromatic rings. The number of amides is 1. The average molecular weight is 267 g/mol. The zero-order valence-corrected chi connectivity index (χ0v) is 10.8. The Balaban J connectivity index is 1.70. The molecule has 1 unspecified atom stereocenters. The minimum atomic E-state index is -0.955. The molecule has 0 aromatic carbocycles. The highest BCUT2D eigenvalue weighted by atomic mass is 16.5. The Morgan fingerprint density at radius 3 is 2.79 bits per heavy atom. The Bertz CT molecular complexity index is 467. The first-order valence-corrected chi connectivity index (χ1v) is 6.37. The molecule has 2 N–H and O–H groups in total. The zero-order valence-electron chi connectivity index (χ0n) is 10.8. The van der Waals surface area contributed by atoms with Gasteiger partial charge in [-0.25, -0.2) is 4.79 Å². The van der Waals surface area contributed by atoms with E-state index in [-0.39, 0.29) is 18.2 Å². The number of rotatable bonds is 7. The maximum atomic E-state index is 11.6. The van der Waals surface area contributed by atoms with E-state index < -0.39 is 12.0 Å². The van der Waals surface area contributed by atoms with Crippen molar-refractivity contribution in [2.45, 2.75) is 45.1 Å². The third kappa shape index (κ3) is 4.04. The molecular weight excluding hydrogens is 250 g/mol. The summed E-state index contributed by atoms with van der Waals surface area (Å²) < 4.78 is 4.93. The topological polar surface area (TPSA) is 105 Å². The predicted molar refractivity (Wildman–Crippen MR) is 64.3 cm³/mol. The van der Waals surface area contributed by atoms with Gasteiger partial charge in [-0.2, -0.15) is 4.98 Å². The Morgan fingerprint density at radius 2 is 2.26 bits per heavy atom. The van der Waals surface area contributed by atoms with Gasteiger partial charge in [-0.05, 0) is 32.1 Å². The van der Waals surface area contributed by atoms with Gasteiger partial charge in [-0.1, -0.05) is 5.16 Å². The molecule has 1 saturated carbocycles. The van der Waals surface area contributed by atoms with E-state index in [9.17, 15) is 9.59 Å². The molecule has 0 saturated heterocycles. The van der Waals surface area contributed by atoms with Crippen molar-refractivity contribution in [2.24, 2.45) is 5.92 Å². The maximum Gasteiger partial charge on any atom is 0.326 e. The van der Waals surface area contributed by atoms with Crippen molar-refractivity contribution in [2.75, 3.05) is 0 Å². The largest absolute Gasteiger partial charge is 0.480 e. The quantitative estimate of drug-likeness (QED) is 0.752. The molecule has 0 aliphatic heterocycles. The summed E-state index contributed by atoms with van der Waals surface area (Å²) in [5, 5.41) is 15.2. The van der Waals surface area contributed by atoms with Crippen molar-refractivity contribution >= 4 is 11.9 Å². The molecule has 19 heavy (non-hydrogen) atoms. The molecule has 7 heteroatoms. The van der Waals surface area contributed by atoms with E-state index >= 15 is 0 Å². The second-order valence-electron chi connectivity index (χ2n) is 4.81. The highest BCUT2D eigenvalue weighted by Crippen LogP contribution is 2.32. The third-order valence-corrected chi connectivity index (χ3v) is 3.04. The smallest absolute Gasteiger partial charge is 0.326 e. The number of aromatic nitrogens is 2. The number of carboxylic acids is 1. The van der Waals surface area contributed by atoms with Gasteiger partial charge in [0.25, 0.3) is 0 Å². The van der Waals surface area contributed by atoms with Crippen LogP contribution in [0.15, 0.2) is 4.52 Å². The SMILES string of the molecule is Cc1noc(CCCC(=O)NC(C(=O)O)C2CC2)n1. The number of carboxylic acid groups (broad SMARTS) is 1. The molecule has 104 valence electrons. The Kier molecular flexibility index (Phi) is 4.13. The number of nitrogens with one attached hydrogen (secondary N) is 1. The van der Waals surface area contributed by atoms with Gasteiger partial charge in [0.1, 0.15) is 6.04 Å². The van der Waals surface area contributed by atoms with Crippen molar-refractivity contribution in [3.05, 3.63) is 11.7 Å². The minimum absolute atomic E-state index is 0.0973. The second-order valence-corrected chi connectivity index (χ2v) is 4.81. The molecule has 7 nitrogen and oxygen atoms in total. The number of nitrogens with zero attached hydrogens (tertiary/aromatic N) is 2. The summed E-state index contributed by atoms with van der Waals surface area (Å²) in [7, 11) is 0. The van der Waals surface area contributed by atoms with Crippen molar-refractivity contribution in [1.29, 1.82) is 0 Å². The molecule has 1 heterocycles. The molecule has 1 atom stereocenters. The first-order chi connectivity index (χ1) is 9.06. The zero-order chi connectivity index (χ0) is 13.8. The van der Waals surface area contributed by atoms with Gasteiger partial charge in [0.05, 0.1) is 0 Å². The monoisotopic (exact) mass is 267 g/mol. The fraction of sp³-hybridized carbons (Fsp3) is 0.667. The molecule has 0 bridgehead atoms. The molecule has 1 aliphatic rings. The van der Waals surface area contributed by atoms with Crippen LogP contribution < -0.4 is 5.32 Å². The Hall–Kier alpha value is -1.92. The van der Waals surface area contributed by atoms with Gasteiger partial charge in [-0.3, -0.25) is 4.79 Å². The van der Waals surface area contributed by atoms with E-state index in [1.807, 2.05) is 0 Å². The van der Waals surface area contributed by atoms with Gasteiger partial charge in [0.2, 0.25) is 11.8 Å². The van der Waals surface area contributed by atoms with Crippen molar-refractivity contribution < 1.29 is 19.2 Å². The molecule has 1 aromatic heterocycles. The number of aliphatic carboxylic acids is 1. The van der Waals surface area contributed by atoms with Gasteiger partial charge >= 0.3 is 5.97 Å². The molecular formula is C12H17N3O4. The molecule has 0 spiro atoms. The third-order valence-electron chi connectivity index (χ3n) is 3.04. The number of carbonyl (C=O) groups is 2. The molecule has 1 fully saturated rings. The van der Waals surface area contributed by atoms with E-state index in [2.05, 4.69) is 15.5 Å². The summed E-state index contributed by atoms with van der Waals surface area (Å²) in [4.78, 5) is 26.6. The normalized spacial score (nSPS) is 16.1. The number of hydrogen-bond donors (Lipinski definition) is 2. The number of aryl methyl sites for hydroxylation is 2. The number of carbonyl (C=O) groups excluding carboxylic acids is 1. The van der Waals surface area contributed by atoms with Crippen LogP contribution in [0.25, 0.3) is 0 Å². The first-order valence-electron chi connectivity index (χ1n) is 6.37. The van der Waals surface area contributed by atoms with E-state index in [1.54, 1.807) is 6.92 Å². The second kappa shape index (κ2) is 5.81. The maximum absolute atomic E-state index is 11.6. The Morgan fingerprint density at radius 1 is 1.53 bits per heavy atom. The molecule has 2 rings (SSSR count). The van der Waals surface area contributed by atoms with Crippen LogP contribution in [-0.2, 0) is 16.0 Å². The van der Waals surface area contributed by atoms with Crippen LogP contribution in [0.5, 0.6) is 0 Å². The number of hydrogen-bond acceptors (Lipinski definition) is 5. The van der Waals surface area contributed by atoms with Crippen LogP contribution >= 0.6 is 0 Å². The lowest BCUT2D eigenvalue weighted by Crippen LogP contribution is -2.42. The highest BCUT2D eigenvalue weighted by Gasteiger charge is 2.37. The predicted octanol–water partition coefficient (Wildman–Crippen LogP) is 0.680. The van der Waals surface area contributed by atoms with E-state index in [0.29, 0.717) is 24.6 Å². The van der Waals surface area contributed by atoms with Gasteiger partial charge < -0.3 is 14.9 Å². The van der Waals surface area contributed by atoms with Crippen LogP contribution in [0, 0.1) is 12.8 Å². The Labute approximate surface area is 110 Å². The molecule has 1 amide bonds. The summed E-state index contributed by atoms with van der Waals surface area (Å²) in [6.07, 6.45) is 3.09. The first kappa shape index (κ1) is 13.5. The van der Waals surface area contributed by atoms with Gasteiger partial charge in [0, 0.05) is 12.8 Å².